The number of hydrogen-bond acceptors (Lipinski definition) is 2. The monoisotopic (exact) mass is 232 g/mol. The van der Waals surface area contributed by atoms with Gasteiger partial charge in [0.2, 0.25) is 5.91 Å². The van der Waals surface area contributed by atoms with Gasteiger partial charge in [-0.1, -0.05) is 30.3 Å². The molecule has 0 radical (unpaired) electrons. The van der Waals surface area contributed by atoms with Crippen LogP contribution in [0.2, 0.25) is 0 Å². The lowest BCUT2D eigenvalue weighted by atomic mass is 10.1. The van der Waals surface area contributed by atoms with Crippen LogP contribution < -0.4 is 5.32 Å². The maximum Gasteiger partial charge on any atom is 0.221 e. The Morgan fingerprint density at radius 3 is 2.82 bits per heavy atom. The first-order valence-electron chi connectivity index (χ1n) is 6.26. The van der Waals surface area contributed by atoms with Gasteiger partial charge in [-0.2, -0.15) is 0 Å². The number of nitrogens with one attached hydrogen (secondary N) is 1. The third-order valence-electron chi connectivity index (χ3n) is 3.43. The minimum atomic E-state index is 0.160. The van der Waals surface area contributed by atoms with Crippen LogP contribution in [0.25, 0.3) is 0 Å². The first-order valence-corrected chi connectivity index (χ1v) is 6.26. The van der Waals surface area contributed by atoms with Crippen LogP contribution in [0.4, 0.5) is 0 Å². The molecule has 3 nitrogen and oxygen atoms in total. The van der Waals surface area contributed by atoms with Gasteiger partial charge in [0.25, 0.3) is 0 Å². The van der Waals surface area contributed by atoms with E-state index in [0.717, 1.165) is 18.5 Å². The second kappa shape index (κ2) is 5.82. The average molecular weight is 232 g/mol. The maximum atomic E-state index is 11.8. The first kappa shape index (κ1) is 12.1. The summed E-state index contributed by atoms with van der Waals surface area (Å²) in [5, 5.41) is 2.98. The van der Waals surface area contributed by atoms with E-state index in [1.807, 2.05) is 30.3 Å². The molecule has 1 atom stereocenters. The Labute approximate surface area is 103 Å². The molecule has 1 fully saturated rings. The standard InChI is InChI=1S/C14H20N2O/c1-16-9-5-8-13(16)10-14(17)15-11-12-6-3-2-4-7-12/h2-4,6-7,13H,5,8-11H2,1H3,(H,15,17). The fourth-order valence-corrected chi connectivity index (χ4v) is 2.32. The molecule has 0 bridgehead atoms. The number of carbonyl (C=O) groups excluding carboxylic acids is 1. The maximum absolute atomic E-state index is 11.8. The summed E-state index contributed by atoms with van der Waals surface area (Å²) >= 11 is 0. The summed E-state index contributed by atoms with van der Waals surface area (Å²) in [4.78, 5) is 14.1. The molecule has 1 unspecified atom stereocenters. The molecule has 1 saturated heterocycles. The Morgan fingerprint density at radius 2 is 2.18 bits per heavy atom. The summed E-state index contributed by atoms with van der Waals surface area (Å²) in [7, 11) is 2.10. The molecular formula is C14H20N2O. The highest BCUT2D eigenvalue weighted by molar-refractivity contribution is 5.76. The largest absolute Gasteiger partial charge is 0.352 e. The number of benzene rings is 1. The highest BCUT2D eigenvalue weighted by atomic mass is 16.1. The molecular weight excluding hydrogens is 212 g/mol. The Morgan fingerprint density at radius 1 is 1.41 bits per heavy atom. The average Bonchev–Trinajstić information content (AvgIpc) is 2.74. The summed E-state index contributed by atoms with van der Waals surface area (Å²) in [5.41, 5.74) is 1.15. The van der Waals surface area contributed by atoms with Gasteiger partial charge < -0.3 is 10.2 Å². The van der Waals surface area contributed by atoms with Crippen LogP contribution in [-0.2, 0) is 11.3 Å². The van der Waals surface area contributed by atoms with Crippen LogP contribution in [0, 0.1) is 0 Å². The van der Waals surface area contributed by atoms with Crippen LogP contribution in [0.15, 0.2) is 30.3 Å². The van der Waals surface area contributed by atoms with E-state index in [1.165, 1.54) is 6.42 Å². The zero-order valence-corrected chi connectivity index (χ0v) is 10.4. The van der Waals surface area contributed by atoms with Crippen molar-refractivity contribution in [2.75, 3.05) is 13.6 Å². The number of amides is 1. The predicted octanol–water partition coefficient (Wildman–Crippen LogP) is 1.79. The van der Waals surface area contributed by atoms with Crippen molar-refractivity contribution in [2.45, 2.75) is 31.8 Å². The van der Waals surface area contributed by atoms with Gasteiger partial charge in [0.1, 0.15) is 0 Å². The summed E-state index contributed by atoms with van der Waals surface area (Å²) in [6, 6.07) is 10.5. The van der Waals surface area contributed by atoms with Crippen LogP contribution in [0.5, 0.6) is 0 Å². The number of rotatable bonds is 4. The minimum absolute atomic E-state index is 0.160. The van der Waals surface area contributed by atoms with E-state index in [1.54, 1.807) is 0 Å². The van der Waals surface area contributed by atoms with Crippen molar-refractivity contribution in [3.8, 4) is 0 Å². The normalized spacial score (nSPS) is 20.4. The summed E-state index contributed by atoms with van der Waals surface area (Å²) in [6.45, 7) is 1.76. The Balaban J connectivity index is 1.74. The lowest BCUT2D eigenvalue weighted by Crippen LogP contribution is -2.32. The summed E-state index contributed by atoms with van der Waals surface area (Å²) < 4.78 is 0. The lowest BCUT2D eigenvalue weighted by Gasteiger charge is -2.18. The van der Waals surface area contributed by atoms with E-state index in [9.17, 15) is 4.79 Å². The summed E-state index contributed by atoms with van der Waals surface area (Å²) in [5.74, 6) is 0.160. The van der Waals surface area contributed by atoms with Gasteiger partial charge in [0, 0.05) is 19.0 Å². The Hall–Kier alpha value is -1.35. The second-order valence-electron chi connectivity index (χ2n) is 4.74. The first-order chi connectivity index (χ1) is 8.25. The van der Waals surface area contributed by atoms with Crippen molar-refractivity contribution in [3.05, 3.63) is 35.9 Å². The van der Waals surface area contributed by atoms with Crippen molar-refractivity contribution in [1.82, 2.24) is 10.2 Å². The molecule has 0 spiro atoms. The SMILES string of the molecule is CN1CCCC1CC(=O)NCc1ccccc1. The molecule has 0 aliphatic carbocycles. The van der Waals surface area contributed by atoms with Gasteiger partial charge in [-0.15, -0.1) is 0 Å². The highest BCUT2D eigenvalue weighted by Crippen LogP contribution is 2.17. The Kier molecular flexibility index (Phi) is 4.15. The van der Waals surface area contributed by atoms with Crippen LogP contribution >= 0.6 is 0 Å². The molecule has 1 heterocycles. The molecule has 0 aromatic heterocycles. The number of carbonyl (C=O) groups is 1. The van der Waals surface area contributed by atoms with Crippen molar-refractivity contribution in [2.24, 2.45) is 0 Å². The third-order valence-corrected chi connectivity index (χ3v) is 3.43. The Bertz CT molecular complexity index is 364. The van der Waals surface area contributed by atoms with Crippen molar-refractivity contribution in [3.63, 3.8) is 0 Å². The van der Waals surface area contributed by atoms with E-state index in [-0.39, 0.29) is 5.91 Å². The molecule has 92 valence electrons. The van der Waals surface area contributed by atoms with Gasteiger partial charge in [-0.25, -0.2) is 0 Å². The predicted molar refractivity (Wildman–Crippen MR) is 68.6 cm³/mol. The molecule has 17 heavy (non-hydrogen) atoms. The molecule has 3 heteroatoms. The van der Waals surface area contributed by atoms with Gasteiger partial charge in [0.15, 0.2) is 0 Å². The molecule has 1 aliphatic rings. The molecule has 1 aromatic rings. The van der Waals surface area contributed by atoms with Crippen LogP contribution in [0.1, 0.15) is 24.8 Å². The van der Waals surface area contributed by atoms with Gasteiger partial charge in [-0.3, -0.25) is 4.79 Å². The van der Waals surface area contributed by atoms with Crippen molar-refractivity contribution in [1.29, 1.82) is 0 Å². The zero-order chi connectivity index (χ0) is 12.1. The van der Waals surface area contributed by atoms with Crippen molar-refractivity contribution >= 4 is 5.91 Å². The highest BCUT2D eigenvalue weighted by Gasteiger charge is 2.22. The number of hydrogen-bond donors (Lipinski definition) is 1. The van der Waals surface area contributed by atoms with Crippen LogP contribution in [0.3, 0.4) is 0 Å². The van der Waals surface area contributed by atoms with Gasteiger partial charge >= 0.3 is 0 Å². The zero-order valence-electron chi connectivity index (χ0n) is 10.4. The topological polar surface area (TPSA) is 32.3 Å². The minimum Gasteiger partial charge on any atom is -0.352 e. The quantitative estimate of drug-likeness (QED) is 0.858. The molecule has 1 N–H and O–H groups in total. The van der Waals surface area contributed by atoms with E-state index in [0.29, 0.717) is 19.0 Å². The number of nitrogens with zero attached hydrogens (tertiary/aromatic N) is 1. The molecule has 2 rings (SSSR count). The van der Waals surface area contributed by atoms with Gasteiger partial charge in [-0.05, 0) is 32.0 Å². The molecule has 1 amide bonds. The van der Waals surface area contributed by atoms with Crippen molar-refractivity contribution < 1.29 is 4.79 Å². The van der Waals surface area contributed by atoms with E-state index < -0.39 is 0 Å². The number of likely N-dealkylation sites (tertiary alicyclic amines) is 1. The summed E-state index contributed by atoms with van der Waals surface area (Å²) in [6.07, 6.45) is 2.99. The smallest absolute Gasteiger partial charge is 0.221 e. The van der Waals surface area contributed by atoms with E-state index in [2.05, 4.69) is 17.3 Å². The van der Waals surface area contributed by atoms with Crippen LogP contribution in [-0.4, -0.2) is 30.4 Å². The van der Waals surface area contributed by atoms with E-state index in [4.69, 9.17) is 0 Å². The van der Waals surface area contributed by atoms with E-state index >= 15 is 0 Å². The fourth-order valence-electron chi connectivity index (χ4n) is 2.32. The third kappa shape index (κ3) is 3.56. The second-order valence-corrected chi connectivity index (χ2v) is 4.74. The molecule has 0 saturated carbocycles. The molecule has 1 aromatic carbocycles. The molecule has 1 aliphatic heterocycles. The fraction of sp³-hybridized carbons (Fsp3) is 0.500. The lowest BCUT2D eigenvalue weighted by molar-refractivity contribution is -0.122. The van der Waals surface area contributed by atoms with Gasteiger partial charge in [0.05, 0.1) is 0 Å².